The van der Waals surface area contributed by atoms with Crippen molar-refractivity contribution in [1.29, 1.82) is 0 Å². The lowest BCUT2D eigenvalue weighted by molar-refractivity contribution is -0.126. The molecule has 0 bridgehead atoms. The normalized spacial score (nSPS) is 12.6. The van der Waals surface area contributed by atoms with E-state index in [0.29, 0.717) is 13.2 Å². The van der Waals surface area contributed by atoms with Gasteiger partial charge in [0.15, 0.2) is 0 Å². The number of amides is 1. The summed E-state index contributed by atoms with van der Waals surface area (Å²) < 4.78 is 5.15. The minimum atomic E-state index is 0.0138. The molecule has 0 aromatic heterocycles. The van der Waals surface area contributed by atoms with Crippen LogP contribution in [0.2, 0.25) is 0 Å². The maximum absolute atomic E-state index is 11.1. The Morgan fingerprint density at radius 3 is 2.55 bits per heavy atom. The molecular formula is C8H17NO2. The van der Waals surface area contributed by atoms with Crippen LogP contribution in [0.4, 0.5) is 0 Å². The molecule has 1 N–H and O–H groups in total. The molecule has 1 amide bonds. The number of rotatable bonds is 5. The van der Waals surface area contributed by atoms with Crippen molar-refractivity contribution >= 4 is 5.91 Å². The molecule has 0 aliphatic rings. The fraction of sp³-hybridized carbons (Fsp3) is 0.875. The predicted molar refractivity (Wildman–Crippen MR) is 44.3 cm³/mol. The molecule has 0 aliphatic heterocycles. The summed E-state index contributed by atoms with van der Waals surface area (Å²) in [6, 6.07) is 0. The second-order valence-electron chi connectivity index (χ2n) is 2.38. The Bertz CT molecular complexity index is 115. The van der Waals surface area contributed by atoms with Gasteiger partial charge in [0.2, 0.25) is 5.91 Å². The van der Waals surface area contributed by atoms with Gasteiger partial charge in [-0.3, -0.25) is 4.79 Å². The first-order valence-corrected chi connectivity index (χ1v) is 4.05. The molecule has 0 saturated heterocycles. The third-order valence-electron chi connectivity index (χ3n) is 1.63. The van der Waals surface area contributed by atoms with Gasteiger partial charge in [-0.2, -0.15) is 0 Å². The molecule has 1 unspecified atom stereocenters. The average molecular weight is 159 g/mol. The third-order valence-corrected chi connectivity index (χ3v) is 1.63. The Kier molecular flexibility index (Phi) is 5.84. The van der Waals surface area contributed by atoms with Crippen LogP contribution in [0.25, 0.3) is 0 Å². The van der Waals surface area contributed by atoms with Crippen molar-refractivity contribution in [1.82, 2.24) is 5.32 Å². The van der Waals surface area contributed by atoms with Crippen molar-refractivity contribution < 1.29 is 9.53 Å². The number of ether oxygens (including phenoxy) is 1. The molecule has 3 nitrogen and oxygen atoms in total. The maximum atomic E-state index is 11.1. The molecule has 0 aromatic carbocycles. The standard InChI is InChI=1S/C8H17NO2/c1-4-7(6-11-5-2)8(10)9-3/h7H,4-6H2,1-3H3,(H,9,10). The molecule has 1 atom stereocenters. The van der Waals surface area contributed by atoms with Crippen LogP contribution in [0.1, 0.15) is 20.3 Å². The lowest BCUT2D eigenvalue weighted by Gasteiger charge is -2.11. The minimum absolute atomic E-state index is 0.0138. The topological polar surface area (TPSA) is 38.3 Å². The summed E-state index contributed by atoms with van der Waals surface area (Å²) in [6.45, 7) is 5.12. The molecule has 0 heterocycles. The summed E-state index contributed by atoms with van der Waals surface area (Å²) >= 11 is 0. The highest BCUT2D eigenvalue weighted by molar-refractivity contribution is 5.78. The molecule has 0 aliphatic carbocycles. The lowest BCUT2D eigenvalue weighted by Crippen LogP contribution is -2.30. The fourth-order valence-electron chi connectivity index (χ4n) is 0.843. The van der Waals surface area contributed by atoms with Crippen LogP contribution < -0.4 is 5.32 Å². The van der Waals surface area contributed by atoms with Crippen molar-refractivity contribution in [2.24, 2.45) is 5.92 Å². The summed E-state index contributed by atoms with van der Waals surface area (Å²) in [7, 11) is 1.65. The van der Waals surface area contributed by atoms with Crippen LogP contribution in [-0.2, 0) is 9.53 Å². The van der Waals surface area contributed by atoms with Gasteiger partial charge in [-0.05, 0) is 13.3 Å². The minimum Gasteiger partial charge on any atom is -0.381 e. The van der Waals surface area contributed by atoms with E-state index in [2.05, 4.69) is 5.32 Å². The van der Waals surface area contributed by atoms with Crippen LogP contribution in [0.15, 0.2) is 0 Å². The molecule has 0 rings (SSSR count). The SMILES string of the molecule is CCOCC(CC)C(=O)NC. The van der Waals surface area contributed by atoms with Crippen molar-refractivity contribution in [2.75, 3.05) is 20.3 Å². The van der Waals surface area contributed by atoms with Crippen molar-refractivity contribution in [3.63, 3.8) is 0 Å². The van der Waals surface area contributed by atoms with Crippen LogP contribution in [0.3, 0.4) is 0 Å². The van der Waals surface area contributed by atoms with Gasteiger partial charge >= 0.3 is 0 Å². The number of carbonyl (C=O) groups is 1. The van der Waals surface area contributed by atoms with E-state index in [1.165, 1.54) is 0 Å². The van der Waals surface area contributed by atoms with Crippen molar-refractivity contribution in [2.45, 2.75) is 20.3 Å². The zero-order chi connectivity index (χ0) is 8.69. The third kappa shape index (κ3) is 3.98. The van der Waals surface area contributed by atoms with E-state index >= 15 is 0 Å². The molecule has 0 radical (unpaired) electrons. The van der Waals surface area contributed by atoms with E-state index in [1.807, 2.05) is 13.8 Å². The van der Waals surface area contributed by atoms with E-state index in [9.17, 15) is 4.79 Å². The van der Waals surface area contributed by atoms with Gasteiger partial charge < -0.3 is 10.1 Å². The van der Waals surface area contributed by atoms with Crippen LogP contribution in [0.5, 0.6) is 0 Å². The van der Waals surface area contributed by atoms with Gasteiger partial charge in [0, 0.05) is 13.7 Å². The smallest absolute Gasteiger partial charge is 0.225 e. The molecule has 66 valence electrons. The number of carbonyl (C=O) groups excluding carboxylic acids is 1. The maximum Gasteiger partial charge on any atom is 0.225 e. The zero-order valence-corrected chi connectivity index (χ0v) is 7.52. The summed E-state index contributed by atoms with van der Waals surface area (Å²) in [5.41, 5.74) is 0. The van der Waals surface area contributed by atoms with Crippen LogP contribution in [0, 0.1) is 5.92 Å². The van der Waals surface area contributed by atoms with E-state index in [4.69, 9.17) is 4.74 Å². The van der Waals surface area contributed by atoms with Crippen molar-refractivity contribution in [3.05, 3.63) is 0 Å². The monoisotopic (exact) mass is 159 g/mol. The molecule has 0 aromatic rings. The zero-order valence-electron chi connectivity index (χ0n) is 7.52. The van der Waals surface area contributed by atoms with E-state index in [0.717, 1.165) is 6.42 Å². The first-order valence-electron chi connectivity index (χ1n) is 4.05. The first kappa shape index (κ1) is 10.4. The Morgan fingerprint density at radius 1 is 1.55 bits per heavy atom. The Morgan fingerprint density at radius 2 is 2.18 bits per heavy atom. The Labute approximate surface area is 68.1 Å². The predicted octanol–water partition coefficient (Wildman–Crippen LogP) is 0.795. The van der Waals surface area contributed by atoms with E-state index < -0.39 is 0 Å². The van der Waals surface area contributed by atoms with Gasteiger partial charge in [-0.15, -0.1) is 0 Å². The molecule has 0 spiro atoms. The van der Waals surface area contributed by atoms with Gasteiger partial charge in [-0.25, -0.2) is 0 Å². The summed E-state index contributed by atoms with van der Waals surface area (Å²) in [5.74, 6) is 0.0842. The number of hydrogen-bond acceptors (Lipinski definition) is 2. The second-order valence-corrected chi connectivity index (χ2v) is 2.38. The Balaban J connectivity index is 3.65. The lowest BCUT2D eigenvalue weighted by atomic mass is 10.1. The quantitative estimate of drug-likeness (QED) is 0.644. The molecule has 0 fully saturated rings. The van der Waals surface area contributed by atoms with Gasteiger partial charge in [-0.1, -0.05) is 6.92 Å². The largest absolute Gasteiger partial charge is 0.381 e. The number of hydrogen-bond donors (Lipinski definition) is 1. The fourth-order valence-corrected chi connectivity index (χ4v) is 0.843. The Hall–Kier alpha value is -0.570. The highest BCUT2D eigenvalue weighted by Crippen LogP contribution is 2.02. The summed E-state index contributed by atoms with van der Waals surface area (Å²) in [5, 5.41) is 2.61. The number of nitrogens with one attached hydrogen (secondary N) is 1. The van der Waals surface area contributed by atoms with E-state index in [-0.39, 0.29) is 11.8 Å². The molecule has 11 heavy (non-hydrogen) atoms. The molecule has 3 heteroatoms. The first-order chi connectivity index (χ1) is 5.26. The summed E-state index contributed by atoms with van der Waals surface area (Å²) in [4.78, 5) is 11.1. The van der Waals surface area contributed by atoms with Crippen molar-refractivity contribution in [3.8, 4) is 0 Å². The highest BCUT2D eigenvalue weighted by atomic mass is 16.5. The van der Waals surface area contributed by atoms with Crippen LogP contribution in [-0.4, -0.2) is 26.2 Å². The van der Waals surface area contributed by atoms with Gasteiger partial charge in [0.05, 0.1) is 12.5 Å². The highest BCUT2D eigenvalue weighted by Gasteiger charge is 2.13. The second kappa shape index (κ2) is 6.16. The van der Waals surface area contributed by atoms with E-state index in [1.54, 1.807) is 7.05 Å². The van der Waals surface area contributed by atoms with Gasteiger partial charge in [0.25, 0.3) is 0 Å². The van der Waals surface area contributed by atoms with Crippen LogP contribution >= 0.6 is 0 Å². The van der Waals surface area contributed by atoms with Gasteiger partial charge in [0.1, 0.15) is 0 Å². The average Bonchev–Trinajstić information content (AvgIpc) is 2.05. The molecular weight excluding hydrogens is 142 g/mol. The molecule has 0 saturated carbocycles. The summed E-state index contributed by atoms with van der Waals surface area (Å²) in [6.07, 6.45) is 0.833.